The van der Waals surface area contributed by atoms with E-state index in [0.29, 0.717) is 0 Å². The van der Waals surface area contributed by atoms with E-state index in [-0.39, 0.29) is 17.7 Å². The van der Waals surface area contributed by atoms with Crippen molar-refractivity contribution in [1.82, 2.24) is 10.9 Å². The average Bonchev–Trinajstić information content (AvgIpc) is 3.43. The number of nitrogens with zero attached hydrogens (tertiary/aromatic N) is 3. The Kier molecular flexibility index (Phi) is 4.79. The Balaban J connectivity index is 1.39. The van der Waals surface area contributed by atoms with Crippen LogP contribution in [0.15, 0.2) is 77.1 Å². The number of ether oxygens (including phenoxy) is 2. The summed E-state index contributed by atoms with van der Waals surface area (Å²) in [5, 5.41) is 13.3. The minimum Gasteiger partial charge on any atom is -0.357 e. The van der Waals surface area contributed by atoms with Crippen LogP contribution < -0.4 is 15.9 Å². The molecule has 3 aliphatic heterocycles. The molecule has 7 nitrogen and oxygen atoms in total. The van der Waals surface area contributed by atoms with Gasteiger partial charge in [0.25, 0.3) is 6.35 Å². The molecule has 0 aromatic heterocycles. The molecule has 3 heterocycles. The van der Waals surface area contributed by atoms with Gasteiger partial charge in [0.05, 0.1) is 11.7 Å². The number of benzene rings is 2. The third kappa shape index (κ3) is 3.31. The molecule has 0 aliphatic carbocycles. The Hall–Kier alpha value is -2.74. The van der Waals surface area contributed by atoms with Crippen molar-refractivity contribution in [3.05, 3.63) is 77.9 Å². The van der Waals surface area contributed by atoms with Gasteiger partial charge < -0.3 is 14.8 Å². The number of nitrogens with one attached hydrogen (secondary N) is 2. The molecule has 29 heavy (non-hydrogen) atoms. The summed E-state index contributed by atoms with van der Waals surface area (Å²) >= 11 is 0. The van der Waals surface area contributed by atoms with Crippen LogP contribution in [0.2, 0.25) is 0 Å². The van der Waals surface area contributed by atoms with Gasteiger partial charge in [0.15, 0.2) is 0 Å². The van der Waals surface area contributed by atoms with Crippen LogP contribution in [0.4, 0.5) is 5.69 Å². The van der Waals surface area contributed by atoms with E-state index in [4.69, 9.17) is 9.47 Å². The van der Waals surface area contributed by atoms with E-state index >= 15 is 0 Å². The van der Waals surface area contributed by atoms with Crippen LogP contribution in [-0.4, -0.2) is 25.6 Å². The lowest BCUT2D eigenvalue weighted by Gasteiger charge is -2.41. The maximum atomic E-state index is 6.72. The number of piperidine rings is 1. The largest absolute Gasteiger partial charge is 0.357 e. The summed E-state index contributed by atoms with van der Waals surface area (Å²) < 4.78 is 12.1. The molecule has 2 N–H and O–H groups in total. The first-order valence-corrected chi connectivity index (χ1v) is 10.0. The summed E-state index contributed by atoms with van der Waals surface area (Å²) in [6.45, 7) is 1.00. The van der Waals surface area contributed by atoms with Crippen molar-refractivity contribution >= 4 is 5.69 Å². The quantitative estimate of drug-likeness (QED) is 0.776. The zero-order valence-corrected chi connectivity index (χ0v) is 16.4. The van der Waals surface area contributed by atoms with Gasteiger partial charge in [-0.15, -0.1) is 5.11 Å². The van der Waals surface area contributed by atoms with Gasteiger partial charge in [0.2, 0.25) is 0 Å². The molecule has 5 rings (SSSR count). The van der Waals surface area contributed by atoms with Crippen molar-refractivity contribution in [3.63, 3.8) is 0 Å². The molecular formula is C22H25N5O2. The lowest BCUT2D eigenvalue weighted by molar-refractivity contribution is -0.0668. The van der Waals surface area contributed by atoms with Crippen LogP contribution in [0.25, 0.3) is 0 Å². The Labute approximate surface area is 170 Å². The van der Waals surface area contributed by atoms with Crippen molar-refractivity contribution in [1.29, 1.82) is 0 Å². The van der Waals surface area contributed by atoms with Gasteiger partial charge in [-0.1, -0.05) is 59.8 Å². The highest BCUT2D eigenvalue weighted by Gasteiger charge is 2.45. The average molecular weight is 391 g/mol. The molecule has 0 saturated carbocycles. The molecule has 0 radical (unpaired) electrons. The number of hydrogen-bond acceptors (Lipinski definition) is 7. The van der Waals surface area contributed by atoms with Crippen LogP contribution in [-0.2, 0) is 9.47 Å². The SMILES string of the molecule is COC1N=NNN1c1cccc(C2C=C[C@@]3(CCCN[C@H]3c3ccccc3)O2)c1. The van der Waals surface area contributed by atoms with E-state index in [1.807, 2.05) is 12.1 Å². The first-order chi connectivity index (χ1) is 14.3. The Morgan fingerprint density at radius 3 is 2.86 bits per heavy atom. The molecule has 7 heteroatoms. The topological polar surface area (TPSA) is 70.5 Å². The number of hydrogen-bond donors (Lipinski definition) is 2. The fourth-order valence-electron chi connectivity index (χ4n) is 4.44. The summed E-state index contributed by atoms with van der Waals surface area (Å²) in [7, 11) is 1.61. The molecule has 2 unspecified atom stereocenters. The maximum absolute atomic E-state index is 6.72. The van der Waals surface area contributed by atoms with Crippen molar-refractivity contribution in [2.75, 3.05) is 18.7 Å². The normalized spacial score (nSPS) is 30.8. The van der Waals surface area contributed by atoms with E-state index in [2.05, 4.69) is 75.8 Å². The summed E-state index contributed by atoms with van der Waals surface area (Å²) in [6, 6.07) is 18.9. The Morgan fingerprint density at radius 1 is 1.14 bits per heavy atom. The first-order valence-electron chi connectivity index (χ1n) is 10.0. The Bertz CT molecular complexity index is 918. The van der Waals surface area contributed by atoms with Crippen LogP contribution in [0, 0.1) is 0 Å². The molecule has 2 aromatic rings. The van der Waals surface area contributed by atoms with Crippen LogP contribution in [0.1, 0.15) is 36.1 Å². The van der Waals surface area contributed by atoms with Gasteiger partial charge in [0.1, 0.15) is 11.7 Å². The lowest BCUT2D eigenvalue weighted by Crippen LogP contribution is -2.47. The van der Waals surface area contributed by atoms with Crippen molar-refractivity contribution < 1.29 is 9.47 Å². The highest BCUT2D eigenvalue weighted by molar-refractivity contribution is 5.49. The van der Waals surface area contributed by atoms with Gasteiger partial charge >= 0.3 is 0 Å². The minimum absolute atomic E-state index is 0.0986. The molecular weight excluding hydrogens is 366 g/mol. The van der Waals surface area contributed by atoms with Gasteiger partial charge in [-0.25, -0.2) is 5.01 Å². The molecule has 0 bridgehead atoms. The van der Waals surface area contributed by atoms with E-state index in [1.165, 1.54) is 5.56 Å². The van der Waals surface area contributed by atoms with E-state index in [1.54, 1.807) is 12.1 Å². The summed E-state index contributed by atoms with van der Waals surface area (Å²) in [5.74, 6) is 0. The van der Waals surface area contributed by atoms with Crippen LogP contribution >= 0.6 is 0 Å². The van der Waals surface area contributed by atoms with Gasteiger partial charge in [-0.05, 0) is 42.6 Å². The van der Waals surface area contributed by atoms with Crippen LogP contribution in [0.3, 0.4) is 0 Å². The maximum Gasteiger partial charge on any atom is 0.267 e. The molecule has 1 fully saturated rings. The third-order valence-corrected chi connectivity index (χ3v) is 5.83. The van der Waals surface area contributed by atoms with Crippen molar-refractivity contribution in [3.8, 4) is 0 Å². The van der Waals surface area contributed by atoms with Gasteiger partial charge in [-0.2, -0.15) is 5.53 Å². The van der Waals surface area contributed by atoms with E-state index < -0.39 is 6.35 Å². The second-order valence-corrected chi connectivity index (χ2v) is 7.60. The summed E-state index contributed by atoms with van der Waals surface area (Å²) in [6.07, 6.45) is 5.97. The molecule has 4 atom stereocenters. The highest BCUT2D eigenvalue weighted by atomic mass is 16.5. The minimum atomic E-state index is -0.471. The molecule has 0 amide bonds. The number of hydrazine groups is 1. The summed E-state index contributed by atoms with van der Waals surface area (Å²) in [4.78, 5) is 0. The summed E-state index contributed by atoms with van der Waals surface area (Å²) in [5.41, 5.74) is 5.83. The van der Waals surface area contributed by atoms with E-state index in [9.17, 15) is 0 Å². The fraction of sp³-hybridized carbons (Fsp3) is 0.364. The van der Waals surface area contributed by atoms with Crippen molar-refractivity contribution in [2.24, 2.45) is 10.3 Å². The molecule has 150 valence electrons. The first kappa shape index (κ1) is 18.3. The smallest absolute Gasteiger partial charge is 0.267 e. The predicted octanol–water partition coefficient (Wildman–Crippen LogP) is 3.80. The monoisotopic (exact) mass is 391 g/mol. The van der Waals surface area contributed by atoms with Crippen molar-refractivity contribution in [2.45, 2.75) is 36.9 Å². The second kappa shape index (κ2) is 7.59. The lowest BCUT2D eigenvalue weighted by atomic mass is 9.82. The number of rotatable bonds is 4. The molecule has 3 aliphatic rings. The fourth-order valence-corrected chi connectivity index (χ4v) is 4.44. The highest BCUT2D eigenvalue weighted by Crippen LogP contribution is 2.46. The third-order valence-electron chi connectivity index (χ3n) is 5.83. The Morgan fingerprint density at radius 2 is 2.00 bits per heavy atom. The second-order valence-electron chi connectivity index (χ2n) is 7.60. The van der Waals surface area contributed by atoms with Gasteiger partial charge in [0, 0.05) is 7.11 Å². The molecule has 1 saturated heterocycles. The standard InChI is InChI=1S/C22H25N5O2/c1-28-21-24-25-26-27(21)18-10-5-9-17(15-18)19-11-13-22(29-19)12-6-14-23-20(22)16-7-3-2-4-8-16/h2-5,7-11,13,15,19-21,23H,6,12,14H2,1H3,(H,24,26)/t19?,20-,21?,22+/m0/s1. The zero-order valence-electron chi connectivity index (χ0n) is 16.4. The van der Waals surface area contributed by atoms with Crippen LogP contribution in [0.5, 0.6) is 0 Å². The van der Waals surface area contributed by atoms with E-state index in [0.717, 1.165) is 30.6 Å². The molecule has 1 spiro atoms. The number of methoxy groups -OCH3 is 1. The zero-order chi connectivity index (χ0) is 19.7. The number of anilines is 1. The predicted molar refractivity (Wildman–Crippen MR) is 110 cm³/mol. The van der Waals surface area contributed by atoms with Gasteiger partial charge in [-0.3, -0.25) is 0 Å². The molecule has 2 aromatic carbocycles.